The molecule has 0 radical (unpaired) electrons. The van der Waals surface area contributed by atoms with E-state index in [1.54, 1.807) is 25.9 Å². The van der Waals surface area contributed by atoms with Crippen molar-refractivity contribution in [3.8, 4) is 5.69 Å². The zero-order valence-electron chi connectivity index (χ0n) is 13.8. The fourth-order valence-electron chi connectivity index (χ4n) is 1.88. The molecule has 2 aromatic rings. The van der Waals surface area contributed by atoms with Crippen LogP contribution < -0.4 is 0 Å². The number of nitrogens with zero attached hydrogens (tertiary/aromatic N) is 5. The van der Waals surface area contributed by atoms with Crippen molar-refractivity contribution in [2.75, 3.05) is 20.7 Å². The second-order valence-electron chi connectivity index (χ2n) is 5.15. The molecule has 0 spiro atoms. The summed E-state index contributed by atoms with van der Waals surface area (Å²) in [4.78, 5) is 17.7. The molecule has 0 fully saturated rings. The van der Waals surface area contributed by atoms with Crippen LogP contribution in [-0.2, 0) is 10.9 Å². The van der Waals surface area contributed by atoms with Crippen LogP contribution in [-0.4, -0.2) is 52.9 Å². The van der Waals surface area contributed by atoms with Gasteiger partial charge in [0.15, 0.2) is 5.82 Å². The maximum Gasteiger partial charge on any atom is 0.416 e. The van der Waals surface area contributed by atoms with Gasteiger partial charge in [0, 0.05) is 14.1 Å². The number of esters is 1. The van der Waals surface area contributed by atoms with E-state index in [2.05, 4.69) is 15.3 Å². The van der Waals surface area contributed by atoms with Crippen molar-refractivity contribution >= 4 is 18.1 Å². The van der Waals surface area contributed by atoms with Crippen LogP contribution in [0.1, 0.15) is 23.0 Å². The largest absolute Gasteiger partial charge is 0.461 e. The number of hydrogen-bond donors (Lipinski definition) is 0. The highest BCUT2D eigenvalue weighted by Crippen LogP contribution is 2.31. The molecule has 0 bridgehead atoms. The Kier molecular flexibility index (Phi) is 5.40. The highest BCUT2D eigenvalue weighted by molar-refractivity contribution is 5.92. The molecule has 1 aromatic carbocycles. The molecular weight excluding hydrogens is 339 g/mol. The Balaban J connectivity index is 2.56. The van der Waals surface area contributed by atoms with Gasteiger partial charge in [-0.15, -0.1) is 5.10 Å². The SMILES string of the molecule is CCOC(=O)c1nnn(-c2cccc(C(F)(F)F)c2)c1/N=C/N(C)C. The molecular formula is C15H16F3N5O2. The van der Waals surface area contributed by atoms with E-state index in [0.29, 0.717) is 0 Å². The molecule has 0 N–H and O–H groups in total. The molecule has 0 saturated carbocycles. The third-order valence-corrected chi connectivity index (χ3v) is 2.94. The summed E-state index contributed by atoms with van der Waals surface area (Å²) in [6.07, 6.45) is -3.13. The summed E-state index contributed by atoms with van der Waals surface area (Å²) in [6.45, 7) is 1.74. The molecule has 0 amide bonds. The van der Waals surface area contributed by atoms with E-state index in [1.165, 1.54) is 18.5 Å². The molecule has 2 rings (SSSR count). The summed E-state index contributed by atoms with van der Waals surface area (Å²) in [5.41, 5.74) is -0.957. The number of carbonyl (C=O) groups excluding carboxylic acids is 1. The number of hydrogen-bond acceptors (Lipinski definition) is 5. The Hall–Kier alpha value is -2.91. The molecule has 7 nitrogen and oxygen atoms in total. The first-order chi connectivity index (χ1) is 11.7. The molecule has 134 valence electrons. The highest BCUT2D eigenvalue weighted by Gasteiger charge is 2.31. The molecule has 0 aliphatic carbocycles. The first-order valence-electron chi connectivity index (χ1n) is 7.25. The van der Waals surface area contributed by atoms with E-state index >= 15 is 0 Å². The highest BCUT2D eigenvalue weighted by atomic mass is 19.4. The molecule has 0 aliphatic heterocycles. The van der Waals surface area contributed by atoms with Crippen LogP contribution in [0.15, 0.2) is 29.3 Å². The van der Waals surface area contributed by atoms with Crippen molar-refractivity contribution in [1.29, 1.82) is 0 Å². The van der Waals surface area contributed by atoms with Gasteiger partial charge in [-0.3, -0.25) is 0 Å². The average molecular weight is 355 g/mol. The van der Waals surface area contributed by atoms with E-state index < -0.39 is 17.7 Å². The average Bonchev–Trinajstić information content (AvgIpc) is 2.96. The monoisotopic (exact) mass is 355 g/mol. The molecule has 0 atom stereocenters. The van der Waals surface area contributed by atoms with Crippen LogP contribution in [0.3, 0.4) is 0 Å². The van der Waals surface area contributed by atoms with Crippen LogP contribution in [0.4, 0.5) is 19.0 Å². The van der Waals surface area contributed by atoms with E-state index in [9.17, 15) is 18.0 Å². The zero-order chi connectivity index (χ0) is 18.6. The second kappa shape index (κ2) is 7.32. The quantitative estimate of drug-likeness (QED) is 0.468. The van der Waals surface area contributed by atoms with E-state index in [4.69, 9.17) is 4.74 Å². The van der Waals surface area contributed by atoms with Gasteiger partial charge in [-0.05, 0) is 25.1 Å². The summed E-state index contributed by atoms with van der Waals surface area (Å²) in [7, 11) is 3.40. The van der Waals surface area contributed by atoms with Gasteiger partial charge in [-0.25, -0.2) is 9.79 Å². The lowest BCUT2D eigenvalue weighted by Crippen LogP contribution is -2.10. The Morgan fingerprint density at radius 2 is 2.12 bits per heavy atom. The van der Waals surface area contributed by atoms with Crippen molar-refractivity contribution in [2.45, 2.75) is 13.1 Å². The van der Waals surface area contributed by atoms with Crippen molar-refractivity contribution < 1.29 is 22.7 Å². The van der Waals surface area contributed by atoms with Crippen molar-refractivity contribution in [1.82, 2.24) is 19.9 Å². The smallest absolute Gasteiger partial charge is 0.416 e. The molecule has 0 aliphatic rings. The van der Waals surface area contributed by atoms with Gasteiger partial charge in [0.05, 0.1) is 24.2 Å². The van der Waals surface area contributed by atoms with Gasteiger partial charge < -0.3 is 9.64 Å². The second-order valence-corrected chi connectivity index (χ2v) is 5.15. The lowest BCUT2D eigenvalue weighted by molar-refractivity contribution is -0.137. The van der Waals surface area contributed by atoms with Gasteiger partial charge in [0.2, 0.25) is 5.69 Å². The number of halogens is 3. The van der Waals surface area contributed by atoms with E-state index in [-0.39, 0.29) is 23.8 Å². The maximum absolute atomic E-state index is 12.9. The van der Waals surface area contributed by atoms with E-state index in [1.807, 2.05) is 0 Å². The maximum atomic E-state index is 12.9. The molecule has 1 heterocycles. The normalized spacial score (nSPS) is 11.8. The molecule has 10 heteroatoms. The van der Waals surface area contributed by atoms with Gasteiger partial charge in [0.1, 0.15) is 0 Å². The minimum atomic E-state index is -4.51. The molecule has 0 unspecified atom stereocenters. The molecule has 0 saturated heterocycles. The van der Waals surface area contributed by atoms with E-state index in [0.717, 1.165) is 16.8 Å². The lowest BCUT2D eigenvalue weighted by atomic mass is 10.2. The number of carbonyl (C=O) groups is 1. The van der Waals surface area contributed by atoms with Crippen molar-refractivity contribution in [3.05, 3.63) is 35.5 Å². The summed E-state index contributed by atoms with van der Waals surface area (Å²) >= 11 is 0. The van der Waals surface area contributed by atoms with Gasteiger partial charge in [-0.2, -0.15) is 17.9 Å². The van der Waals surface area contributed by atoms with Gasteiger partial charge in [0.25, 0.3) is 0 Å². The lowest BCUT2D eigenvalue weighted by Gasteiger charge is -2.10. The third kappa shape index (κ3) is 4.34. The number of aromatic nitrogens is 3. The minimum Gasteiger partial charge on any atom is -0.461 e. The molecule has 1 aromatic heterocycles. The molecule has 25 heavy (non-hydrogen) atoms. The summed E-state index contributed by atoms with van der Waals surface area (Å²) in [6, 6.07) is 4.49. The predicted molar refractivity (Wildman–Crippen MR) is 84.2 cm³/mol. The van der Waals surface area contributed by atoms with Crippen LogP contribution in [0.5, 0.6) is 0 Å². The number of ether oxygens (including phenoxy) is 1. The Bertz CT molecular complexity index is 784. The number of aliphatic imine (C=N–C) groups is 1. The van der Waals surface area contributed by atoms with Crippen LogP contribution in [0.2, 0.25) is 0 Å². The van der Waals surface area contributed by atoms with Crippen LogP contribution >= 0.6 is 0 Å². The van der Waals surface area contributed by atoms with Crippen molar-refractivity contribution in [2.24, 2.45) is 4.99 Å². The summed E-state index contributed by atoms with van der Waals surface area (Å²) < 4.78 is 44.7. The third-order valence-electron chi connectivity index (χ3n) is 2.94. The summed E-state index contributed by atoms with van der Waals surface area (Å²) in [5.74, 6) is -0.780. The fraction of sp³-hybridized carbons (Fsp3) is 0.333. The number of rotatable bonds is 5. The van der Waals surface area contributed by atoms with Crippen molar-refractivity contribution in [3.63, 3.8) is 0 Å². The Morgan fingerprint density at radius 1 is 1.40 bits per heavy atom. The first kappa shape index (κ1) is 18.4. The zero-order valence-corrected chi connectivity index (χ0v) is 13.8. The Labute approximate surface area is 141 Å². The minimum absolute atomic E-state index is 0.0218. The summed E-state index contributed by atoms with van der Waals surface area (Å²) in [5, 5.41) is 7.46. The fourth-order valence-corrected chi connectivity index (χ4v) is 1.88. The standard InChI is InChI=1S/C15H16F3N5O2/c1-4-25-14(24)12-13(19-9-22(2)3)23(21-20-12)11-7-5-6-10(8-11)15(16,17)18/h5-9H,4H2,1-3H3/b19-9+. The van der Waals surface area contributed by atoms with Gasteiger partial charge in [-0.1, -0.05) is 11.3 Å². The number of alkyl halides is 3. The van der Waals surface area contributed by atoms with Crippen LogP contribution in [0, 0.1) is 0 Å². The van der Waals surface area contributed by atoms with Crippen LogP contribution in [0.25, 0.3) is 5.69 Å². The number of benzene rings is 1. The Morgan fingerprint density at radius 3 is 2.72 bits per heavy atom. The topological polar surface area (TPSA) is 72.6 Å². The first-order valence-corrected chi connectivity index (χ1v) is 7.25. The predicted octanol–water partition coefficient (Wildman–Crippen LogP) is 2.68. The van der Waals surface area contributed by atoms with Gasteiger partial charge >= 0.3 is 12.1 Å².